The van der Waals surface area contributed by atoms with Crippen molar-refractivity contribution in [2.24, 2.45) is 0 Å². The summed E-state index contributed by atoms with van der Waals surface area (Å²) in [6.45, 7) is 6.51. The van der Waals surface area contributed by atoms with Crippen molar-refractivity contribution >= 4 is 61.2 Å². The largest absolute Gasteiger partial charge is 0.334 e. The maximum absolute atomic E-state index is 8.62. The van der Waals surface area contributed by atoms with Crippen molar-refractivity contribution in [2.75, 3.05) is 11.4 Å². The molecule has 5 heteroatoms. The molecule has 0 saturated heterocycles. The van der Waals surface area contributed by atoms with Gasteiger partial charge in [0.25, 0.3) is 0 Å². The zero-order chi connectivity index (χ0) is 40.8. The third kappa shape index (κ3) is 7.25. The van der Waals surface area contributed by atoms with E-state index in [2.05, 4.69) is 220 Å². The van der Waals surface area contributed by atoms with Gasteiger partial charge in [0.2, 0.25) is 0 Å². The van der Waals surface area contributed by atoms with Gasteiger partial charge < -0.3 is 24.8 Å². The van der Waals surface area contributed by atoms with Gasteiger partial charge in [-0.25, -0.2) is 0 Å². The maximum Gasteiger partial charge on any atom is 0.0811 e. The van der Waals surface area contributed by atoms with Crippen LogP contribution in [0.4, 0.5) is 11.4 Å². The summed E-state index contributed by atoms with van der Waals surface area (Å²) in [6.07, 6.45) is 13.1. The quantitative estimate of drug-likeness (QED) is 0.101. The molecule has 2 N–H and O–H groups in total. The van der Waals surface area contributed by atoms with Crippen LogP contribution in [0.15, 0.2) is 207 Å². The lowest BCUT2D eigenvalue weighted by molar-refractivity contribution is 0.585. The number of aromatic nitrogens is 2. The average Bonchev–Trinajstić information content (AvgIpc) is 3.82. The van der Waals surface area contributed by atoms with Crippen molar-refractivity contribution in [1.82, 2.24) is 14.5 Å². The van der Waals surface area contributed by atoms with E-state index in [4.69, 9.17) is 5.41 Å². The van der Waals surface area contributed by atoms with Crippen LogP contribution in [0.5, 0.6) is 0 Å². The first-order valence-corrected chi connectivity index (χ1v) is 20.8. The van der Waals surface area contributed by atoms with Gasteiger partial charge in [-0.1, -0.05) is 134 Å². The van der Waals surface area contributed by atoms with Gasteiger partial charge in [0.05, 0.1) is 23.1 Å². The number of nitrogens with zero attached hydrogens (tertiary/aromatic N) is 3. The van der Waals surface area contributed by atoms with Crippen LogP contribution in [-0.4, -0.2) is 27.9 Å². The summed E-state index contributed by atoms with van der Waals surface area (Å²) in [5.74, 6) is 0. The minimum absolute atomic E-state index is 0.157. The Bertz CT molecular complexity index is 2950. The Balaban J connectivity index is 0.00000150. The van der Waals surface area contributed by atoms with Crippen molar-refractivity contribution < 1.29 is 0 Å². The molecule has 10 rings (SSSR count). The molecule has 0 fully saturated rings. The molecule has 0 saturated carbocycles. The van der Waals surface area contributed by atoms with E-state index in [0.29, 0.717) is 13.1 Å². The lowest BCUT2D eigenvalue weighted by atomic mass is 9.96. The fourth-order valence-electron chi connectivity index (χ4n) is 8.96. The van der Waals surface area contributed by atoms with Crippen molar-refractivity contribution in [1.29, 1.82) is 5.41 Å². The average molecular weight is 780 g/mol. The minimum Gasteiger partial charge on any atom is -0.334 e. The second kappa shape index (κ2) is 17.3. The van der Waals surface area contributed by atoms with Crippen molar-refractivity contribution in [2.45, 2.75) is 32.0 Å². The standard InChI is InChI=1S/C52H43N5.C3H6/c53-34-43(57-48-27-13-10-23-45(48)46-24-11-14-28-49(46)57)36-54-35-37-31-38(33-42(32-37)55(39-17-4-1-5-18-39)40-19-6-2-7-20-40)44-26-16-30-51-52(44)47-25-12-15-29-50(47)56(51)41-21-8-3-9-22-41;1-3-2/h1-19,21-34,40,43,53-54H,20,35-36H2;3H,1H2,2H3. The lowest BCUT2D eigenvalue weighted by Gasteiger charge is -2.33. The van der Waals surface area contributed by atoms with Gasteiger partial charge in [0, 0.05) is 68.9 Å². The van der Waals surface area contributed by atoms with Crippen LogP contribution in [0.2, 0.25) is 0 Å². The first kappa shape index (κ1) is 38.3. The first-order chi connectivity index (χ1) is 29.7. The molecule has 0 amide bonds. The van der Waals surface area contributed by atoms with E-state index in [1.165, 1.54) is 49.3 Å². The Hall–Kier alpha value is -7.21. The van der Waals surface area contributed by atoms with Gasteiger partial charge in [-0.3, -0.25) is 0 Å². The van der Waals surface area contributed by atoms with Gasteiger partial charge in [-0.15, -0.1) is 6.58 Å². The zero-order valence-electron chi connectivity index (χ0n) is 34.0. The predicted molar refractivity (Wildman–Crippen MR) is 256 cm³/mol. The molecule has 2 unspecified atom stereocenters. The number of hydrogen-bond acceptors (Lipinski definition) is 3. The topological polar surface area (TPSA) is 49.0 Å². The maximum atomic E-state index is 8.62. The number of fused-ring (bicyclic) bond motifs is 6. The van der Waals surface area contributed by atoms with E-state index in [9.17, 15) is 0 Å². The number of hydrogen-bond donors (Lipinski definition) is 2. The van der Waals surface area contributed by atoms with E-state index in [-0.39, 0.29) is 12.1 Å². The van der Waals surface area contributed by atoms with E-state index >= 15 is 0 Å². The summed E-state index contributed by atoms with van der Waals surface area (Å²) in [5.41, 5.74) is 11.7. The molecular weight excluding hydrogens is 731 g/mol. The number of para-hydroxylation sites is 5. The van der Waals surface area contributed by atoms with Gasteiger partial charge >= 0.3 is 0 Å². The number of rotatable bonds is 11. The third-order valence-corrected chi connectivity index (χ3v) is 11.4. The van der Waals surface area contributed by atoms with E-state index in [0.717, 1.165) is 34.5 Å². The second-order valence-corrected chi connectivity index (χ2v) is 15.3. The third-order valence-electron chi connectivity index (χ3n) is 11.4. The number of nitrogens with one attached hydrogen (secondary N) is 2. The molecule has 0 aliphatic heterocycles. The highest BCUT2D eigenvalue weighted by atomic mass is 15.2. The Kier molecular flexibility index (Phi) is 11.1. The van der Waals surface area contributed by atoms with E-state index < -0.39 is 0 Å². The molecule has 9 aromatic rings. The van der Waals surface area contributed by atoms with E-state index in [1.807, 2.05) is 6.92 Å². The highest BCUT2D eigenvalue weighted by Gasteiger charge is 2.23. The number of anilines is 2. The van der Waals surface area contributed by atoms with Crippen molar-refractivity contribution in [3.05, 3.63) is 212 Å². The molecule has 0 bridgehead atoms. The molecular formula is C55H49N5. The highest BCUT2D eigenvalue weighted by molar-refractivity contribution is 6.16. The normalized spacial score (nSPS) is 14.0. The van der Waals surface area contributed by atoms with Crippen molar-refractivity contribution in [3.63, 3.8) is 0 Å². The van der Waals surface area contributed by atoms with Crippen LogP contribution in [0.1, 0.15) is 24.9 Å². The van der Waals surface area contributed by atoms with Crippen LogP contribution in [-0.2, 0) is 6.54 Å². The first-order valence-electron chi connectivity index (χ1n) is 20.8. The van der Waals surface area contributed by atoms with Gasteiger partial charge in [0.15, 0.2) is 0 Å². The molecule has 2 atom stereocenters. The molecule has 0 spiro atoms. The molecule has 5 nitrogen and oxygen atoms in total. The van der Waals surface area contributed by atoms with Crippen LogP contribution < -0.4 is 10.2 Å². The smallest absolute Gasteiger partial charge is 0.0811 e. The molecule has 2 heterocycles. The molecule has 0 radical (unpaired) electrons. The summed E-state index contributed by atoms with van der Waals surface area (Å²) >= 11 is 0. The van der Waals surface area contributed by atoms with Gasteiger partial charge in [0.1, 0.15) is 0 Å². The Morgan fingerprint density at radius 2 is 1.30 bits per heavy atom. The van der Waals surface area contributed by atoms with Gasteiger partial charge in [-0.2, -0.15) is 0 Å². The predicted octanol–water partition coefficient (Wildman–Crippen LogP) is 13.8. The number of benzene rings is 7. The summed E-state index contributed by atoms with van der Waals surface area (Å²) in [7, 11) is 0. The molecule has 2 aromatic heterocycles. The molecule has 1 aliphatic carbocycles. The van der Waals surface area contributed by atoms with Gasteiger partial charge in [-0.05, 0) is 96.8 Å². The lowest BCUT2D eigenvalue weighted by Crippen LogP contribution is -2.30. The van der Waals surface area contributed by atoms with Crippen LogP contribution in [0.25, 0.3) is 60.4 Å². The second-order valence-electron chi connectivity index (χ2n) is 15.3. The SMILES string of the molecule is C=CC.N=CC(CNCc1cc(-c2cccc3c2c2ccccc2n3-c2ccccc2)cc(N(c2ccccc2)C2C=CC=CC2)c1)n1c2ccccc2c2ccccc21. The zero-order valence-corrected chi connectivity index (χ0v) is 34.0. The molecule has 1 aliphatic rings. The number of allylic oxidation sites excluding steroid dienone is 3. The Morgan fingerprint density at radius 3 is 1.97 bits per heavy atom. The minimum atomic E-state index is -0.157. The Labute approximate surface area is 352 Å². The Morgan fingerprint density at radius 1 is 0.683 bits per heavy atom. The van der Waals surface area contributed by atoms with Crippen LogP contribution >= 0.6 is 0 Å². The highest BCUT2D eigenvalue weighted by Crippen LogP contribution is 2.41. The molecule has 60 heavy (non-hydrogen) atoms. The fourth-order valence-corrected chi connectivity index (χ4v) is 8.96. The van der Waals surface area contributed by atoms with Crippen LogP contribution in [0, 0.1) is 5.41 Å². The summed E-state index contributed by atoms with van der Waals surface area (Å²) in [4.78, 5) is 2.48. The fraction of sp³-hybridized carbons (Fsp3) is 0.109. The monoisotopic (exact) mass is 779 g/mol. The molecule has 7 aromatic carbocycles. The van der Waals surface area contributed by atoms with Crippen LogP contribution in [0.3, 0.4) is 0 Å². The van der Waals surface area contributed by atoms with E-state index in [1.54, 1.807) is 12.3 Å². The summed E-state index contributed by atoms with van der Waals surface area (Å²) in [5, 5.41) is 17.3. The van der Waals surface area contributed by atoms with Crippen molar-refractivity contribution in [3.8, 4) is 16.8 Å². The summed E-state index contributed by atoms with van der Waals surface area (Å²) in [6, 6.07) is 61.1. The molecule has 294 valence electrons. The summed E-state index contributed by atoms with van der Waals surface area (Å²) < 4.78 is 4.71.